The highest BCUT2D eigenvalue weighted by atomic mass is 32.2. The SMILES string of the molecule is CSOc1nccn1C. The third-order valence-electron chi connectivity index (χ3n) is 0.935. The van der Waals surface area contributed by atoms with E-state index in [1.54, 1.807) is 6.20 Å². The van der Waals surface area contributed by atoms with Gasteiger partial charge in [0.25, 0.3) is 0 Å². The van der Waals surface area contributed by atoms with Crippen molar-refractivity contribution in [1.82, 2.24) is 9.55 Å². The van der Waals surface area contributed by atoms with Crippen molar-refractivity contribution in [2.45, 2.75) is 0 Å². The van der Waals surface area contributed by atoms with E-state index >= 15 is 0 Å². The molecule has 0 radical (unpaired) electrons. The lowest BCUT2D eigenvalue weighted by Crippen LogP contribution is -1.90. The van der Waals surface area contributed by atoms with E-state index in [-0.39, 0.29) is 0 Å². The van der Waals surface area contributed by atoms with Crippen molar-refractivity contribution in [2.24, 2.45) is 7.05 Å². The predicted octanol–water partition coefficient (Wildman–Crippen LogP) is 1.08. The van der Waals surface area contributed by atoms with Crippen LogP contribution in [0.15, 0.2) is 12.4 Å². The molecule has 0 spiro atoms. The zero-order valence-corrected chi connectivity index (χ0v) is 6.18. The molecule has 0 unspecified atom stereocenters. The zero-order chi connectivity index (χ0) is 6.69. The highest BCUT2D eigenvalue weighted by Crippen LogP contribution is 2.08. The van der Waals surface area contributed by atoms with Crippen LogP contribution in [0.3, 0.4) is 0 Å². The Morgan fingerprint density at radius 3 is 3.00 bits per heavy atom. The van der Waals surface area contributed by atoms with Gasteiger partial charge in [-0.25, -0.2) is 4.98 Å². The van der Waals surface area contributed by atoms with Crippen LogP contribution in [0.4, 0.5) is 0 Å². The minimum absolute atomic E-state index is 0.641. The first-order valence-corrected chi connectivity index (χ1v) is 3.67. The van der Waals surface area contributed by atoms with E-state index in [4.69, 9.17) is 4.18 Å². The van der Waals surface area contributed by atoms with Gasteiger partial charge in [0.05, 0.1) is 12.0 Å². The van der Waals surface area contributed by atoms with Crippen LogP contribution in [0.5, 0.6) is 6.01 Å². The normalized spacial score (nSPS) is 9.56. The summed E-state index contributed by atoms with van der Waals surface area (Å²) in [6.45, 7) is 0. The van der Waals surface area contributed by atoms with Crippen molar-refractivity contribution in [3.63, 3.8) is 0 Å². The van der Waals surface area contributed by atoms with Crippen LogP contribution in [0.25, 0.3) is 0 Å². The largest absolute Gasteiger partial charge is 0.391 e. The fraction of sp³-hybridized carbons (Fsp3) is 0.400. The fourth-order valence-electron chi connectivity index (χ4n) is 0.507. The van der Waals surface area contributed by atoms with E-state index in [0.29, 0.717) is 6.01 Å². The average Bonchev–Trinajstić information content (AvgIpc) is 2.18. The Morgan fingerprint density at radius 1 is 1.78 bits per heavy atom. The molecule has 0 aliphatic heterocycles. The second-order valence-electron chi connectivity index (χ2n) is 1.57. The summed E-state index contributed by atoms with van der Waals surface area (Å²) in [5.41, 5.74) is 0. The van der Waals surface area contributed by atoms with Crippen molar-refractivity contribution in [2.75, 3.05) is 6.26 Å². The summed E-state index contributed by atoms with van der Waals surface area (Å²) >= 11 is 1.29. The van der Waals surface area contributed by atoms with Gasteiger partial charge in [0, 0.05) is 25.7 Å². The lowest BCUT2D eigenvalue weighted by atomic mass is 10.9. The topological polar surface area (TPSA) is 27.1 Å². The Kier molecular flexibility index (Phi) is 2.00. The monoisotopic (exact) mass is 144 g/mol. The fourth-order valence-corrected chi connectivity index (χ4v) is 0.816. The zero-order valence-electron chi connectivity index (χ0n) is 5.37. The van der Waals surface area contributed by atoms with Gasteiger partial charge < -0.3 is 8.75 Å². The summed E-state index contributed by atoms with van der Waals surface area (Å²) in [7, 11) is 1.89. The molecule has 4 heteroatoms. The summed E-state index contributed by atoms with van der Waals surface area (Å²) in [6, 6.07) is 0.641. The van der Waals surface area contributed by atoms with E-state index < -0.39 is 0 Å². The van der Waals surface area contributed by atoms with Crippen molar-refractivity contribution >= 4 is 12.0 Å². The summed E-state index contributed by atoms with van der Waals surface area (Å²) in [6.07, 6.45) is 5.39. The van der Waals surface area contributed by atoms with Gasteiger partial charge in [-0.3, -0.25) is 0 Å². The number of nitrogens with zero attached hydrogens (tertiary/aromatic N) is 2. The second-order valence-corrected chi connectivity index (χ2v) is 2.07. The maximum Gasteiger partial charge on any atom is 0.308 e. The van der Waals surface area contributed by atoms with Gasteiger partial charge in [-0.2, -0.15) is 0 Å². The first-order chi connectivity index (χ1) is 4.34. The average molecular weight is 144 g/mol. The van der Waals surface area contributed by atoms with Crippen LogP contribution in [0, 0.1) is 0 Å². The highest BCUT2D eigenvalue weighted by Gasteiger charge is 1.95. The standard InChI is InChI=1S/C5H8N2OS/c1-7-4-3-6-5(7)8-9-2/h3-4H,1-2H3. The number of rotatable bonds is 2. The van der Waals surface area contributed by atoms with Gasteiger partial charge in [-0.05, 0) is 0 Å². The van der Waals surface area contributed by atoms with E-state index in [1.165, 1.54) is 12.0 Å². The molecule has 0 aliphatic rings. The molecule has 9 heavy (non-hydrogen) atoms. The maximum atomic E-state index is 5.05. The number of hydrogen-bond acceptors (Lipinski definition) is 3. The Bertz CT molecular complexity index is 187. The third-order valence-corrected chi connectivity index (χ3v) is 1.25. The van der Waals surface area contributed by atoms with Crippen LogP contribution >= 0.6 is 12.0 Å². The smallest absolute Gasteiger partial charge is 0.308 e. The van der Waals surface area contributed by atoms with Crippen LogP contribution in [-0.2, 0) is 7.05 Å². The van der Waals surface area contributed by atoms with Crippen LogP contribution < -0.4 is 4.18 Å². The summed E-state index contributed by atoms with van der Waals surface area (Å²) in [5, 5.41) is 0. The summed E-state index contributed by atoms with van der Waals surface area (Å²) in [4.78, 5) is 3.93. The Hall–Kier alpha value is -0.640. The van der Waals surface area contributed by atoms with E-state index in [9.17, 15) is 0 Å². The van der Waals surface area contributed by atoms with Gasteiger partial charge >= 0.3 is 6.01 Å². The molecule has 50 valence electrons. The lowest BCUT2D eigenvalue weighted by molar-refractivity contribution is 0.557. The summed E-state index contributed by atoms with van der Waals surface area (Å²) in [5.74, 6) is 0. The molecular formula is C5H8N2OS. The predicted molar refractivity (Wildman–Crippen MR) is 37.4 cm³/mol. The molecule has 0 amide bonds. The highest BCUT2D eigenvalue weighted by molar-refractivity contribution is 7.94. The molecule has 0 aromatic carbocycles. The molecule has 1 aromatic heterocycles. The molecule has 1 rings (SSSR count). The van der Waals surface area contributed by atoms with Gasteiger partial charge in [0.15, 0.2) is 0 Å². The molecule has 1 aromatic rings. The minimum atomic E-state index is 0.641. The molecule has 1 heterocycles. The maximum absolute atomic E-state index is 5.05. The third kappa shape index (κ3) is 1.38. The van der Waals surface area contributed by atoms with Gasteiger partial charge in [0.1, 0.15) is 0 Å². The quantitative estimate of drug-likeness (QED) is 0.581. The molecule has 3 nitrogen and oxygen atoms in total. The molecule has 0 saturated heterocycles. The second kappa shape index (κ2) is 2.77. The first-order valence-electron chi connectivity index (χ1n) is 2.52. The van der Waals surface area contributed by atoms with E-state index in [2.05, 4.69) is 4.98 Å². The molecule has 0 N–H and O–H groups in total. The lowest BCUT2D eigenvalue weighted by Gasteiger charge is -1.97. The van der Waals surface area contributed by atoms with Gasteiger partial charge in [-0.1, -0.05) is 0 Å². The van der Waals surface area contributed by atoms with Gasteiger partial charge in [-0.15, -0.1) is 0 Å². The van der Waals surface area contributed by atoms with Gasteiger partial charge in [0.2, 0.25) is 0 Å². The van der Waals surface area contributed by atoms with Crippen LogP contribution in [0.1, 0.15) is 0 Å². The number of imidazole rings is 1. The number of aryl methyl sites for hydroxylation is 1. The summed E-state index contributed by atoms with van der Waals surface area (Å²) < 4.78 is 6.86. The minimum Gasteiger partial charge on any atom is -0.391 e. The van der Waals surface area contributed by atoms with Crippen molar-refractivity contribution in [3.8, 4) is 6.01 Å². The Labute approximate surface area is 58.2 Å². The Morgan fingerprint density at radius 2 is 2.56 bits per heavy atom. The molecule has 0 fully saturated rings. The van der Waals surface area contributed by atoms with Crippen LogP contribution in [0.2, 0.25) is 0 Å². The molecule has 0 atom stereocenters. The molecular weight excluding hydrogens is 136 g/mol. The van der Waals surface area contributed by atoms with Crippen molar-refractivity contribution in [3.05, 3.63) is 12.4 Å². The number of hydrogen-bond donors (Lipinski definition) is 0. The number of aromatic nitrogens is 2. The van der Waals surface area contributed by atoms with E-state index in [0.717, 1.165) is 0 Å². The Balaban J connectivity index is 2.69. The van der Waals surface area contributed by atoms with Crippen molar-refractivity contribution < 1.29 is 4.18 Å². The molecule has 0 bridgehead atoms. The van der Waals surface area contributed by atoms with E-state index in [1.807, 2.05) is 24.1 Å². The molecule has 0 saturated carbocycles. The molecule has 0 aliphatic carbocycles. The van der Waals surface area contributed by atoms with Crippen molar-refractivity contribution in [1.29, 1.82) is 0 Å². The van der Waals surface area contributed by atoms with Crippen LogP contribution in [-0.4, -0.2) is 15.8 Å². The first kappa shape index (κ1) is 6.48.